The van der Waals surface area contributed by atoms with Crippen LogP contribution in [0.3, 0.4) is 0 Å². The predicted octanol–water partition coefficient (Wildman–Crippen LogP) is 2.91. The normalized spacial score (nSPS) is 10.5. The van der Waals surface area contributed by atoms with Crippen molar-refractivity contribution in [3.63, 3.8) is 0 Å². The zero-order chi connectivity index (χ0) is 15.2. The minimum atomic E-state index is -0.185. The highest BCUT2D eigenvalue weighted by Crippen LogP contribution is 2.35. The van der Waals surface area contributed by atoms with Crippen LogP contribution in [0, 0.1) is 0 Å². The van der Waals surface area contributed by atoms with Crippen LogP contribution in [0.25, 0.3) is 0 Å². The van der Waals surface area contributed by atoms with Gasteiger partial charge in [0, 0.05) is 16.7 Å². The van der Waals surface area contributed by atoms with Crippen LogP contribution in [-0.2, 0) is 19.8 Å². The second-order valence-corrected chi connectivity index (χ2v) is 4.95. The maximum Gasteiger partial charge on any atom is 0.167 e. The summed E-state index contributed by atoms with van der Waals surface area (Å²) in [5.74, 6) is 0.967. The Morgan fingerprint density at radius 1 is 1.00 bits per heavy atom. The molecule has 21 heavy (non-hydrogen) atoms. The minimum absolute atomic E-state index is 0.0147. The van der Waals surface area contributed by atoms with Crippen LogP contribution in [-0.4, -0.2) is 17.3 Å². The molecular formula is C16H17ClO4. The summed E-state index contributed by atoms with van der Waals surface area (Å²) in [6, 6.07) is 10.7. The fourth-order valence-corrected chi connectivity index (χ4v) is 2.18. The van der Waals surface area contributed by atoms with E-state index >= 15 is 0 Å². The summed E-state index contributed by atoms with van der Waals surface area (Å²) < 4.78 is 11.0. The number of methoxy groups -OCH3 is 1. The van der Waals surface area contributed by atoms with Gasteiger partial charge in [0.05, 0.1) is 20.3 Å². The summed E-state index contributed by atoms with van der Waals surface area (Å²) in [5.41, 5.74) is 2.37. The monoisotopic (exact) mass is 308 g/mol. The SMILES string of the molecule is COc1cc(Cl)cc(CO)c1OCc1ccc(CO)cc1. The molecule has 0 aliphatic carbocycles. The van der Waals surface area contributed by atoms with Gasteiger partial charge in [0.15, 0.2) is 11.5 Å². The number of aliphatic hydroxyl groups is 2. The molecule has 2 N–H and O–H groups in total. The Balaban J connectivity index is 2.18. The smallest absolute Gasteiger partial charge is 0.167 e. The number of rotatable bonds is 6. The Kier molecular flexibility index (Phi) is 5.44. The van der Waals surface area contributed by atoms with Crippen molar-refractivity contribution in [1.29, 1.82) is 0 Å². The Morgan fingerprint density at radius 3 is 2.24 bits per heavy atom. The molecule has 0 amide bonds. The van der Waals surface area contributed by atoms with E-state index in [-0.39, 0.29) is 13.2 Å². The lowest BCUT2D eigenvalue weighted by Gasteiger charge is -2.15. The van der Waals surface area contributed by atoms with Gasteiger partial charge in [-0.2, -0.15) is 0 Å². The minimum Gasteiger partial charge on any atom is -0.493 e. The van der Waals surface area contributed by atoms with Gasteiger partial charge < -0.3 is 19.7 Å². The van der Waals surface area contributed by atoms with Gasteiger partial charge in [-0.3, -0.25) is 0 Å². The summed E-state index contributed by atoms with van der Waals surface area (Å²) >= 11 is 5.96. The highest BCUT2D eigenvalue weighted by Gasteiger charge is 2.12. The van der Waals surface area contributed by atoms with Gasteiger partial charge in [0.1, 0.15) is 6.61 Å². The van der Waals surface area contributed by atoms with E-state index in [1.54, 1.807) is 12.1 Å². The summed E-state index contributed by atoms with van der Waals surface area (Å²) in [6.07, 6.45) is 0. The van der Waals surface area contributed by atoms with Crippen molar-refractivity contribution in [2.75, 3.05) is 7.11 Å². The zero-order valence-corrected chi connectivity index (χ0v) is 12.4. The van der Waals surface area contributed by atoms with Crippen LogP contribution in [0.1, 0.15) is 16.7 Å². The predicted molar refractivity (Wildman–Crippen MR) is 80.6 cm³/mol. The molecule has 0 fully saturated rings. The van der Waals surface area contributed by atoms with Crippen LogP contribution in [0.4, 0.5) is 0 Å². The van der Waals surface area contributed by atoms with E-state index in [9.17, 15) is 5.11 Å². The van der Waals surface area contributed by atoms with Crippen molar-refractivity contribution in [3.05, 3.63) is 58.1 Å². The first-order valence-electron chi connectivity index (χ1n) is 6.46. The molecule has 4 nitrogen and oxygen atoms in total. The second kappa shape index (κ2) is 7.31. The molecule has 0 unspecified atom stereocenters. The zero-order valence-electron chi connectivity index (χ0n) is 11.7. The first kappa shape index (κ1) is 15.6. The van der Waals surface area contributed by atoms with E-state index in [4.69, 9.17) is 26.2 Å². The quantitative estimate of drug-likeness (QED) is 0.861. The number of aliphatic hydroxyl groups excluding tert-OH is 2. The molecule has 0 aliphatic heterocycles. The third-order valence-electron chi connectivity index (χ3n) is 3.08. The van der Waals surface area contributed by atoms with E-state index in [0.29, 0.717) is 28.7 Å². The Bertz CT molecular complexity index is 571. The van der Waals surface area contributed by atoms with E-state index in [0.717, 1.165) is 11.1 Å². The highest BCUT2D eigenvalue weighted by atomic mass is 35.5. The summed E-state index contributed by atoms with van der Waals surface area (Å²) in [4.78, 5) is 0. The molecule has 0 saturated carbocycles. The molecular weight excluding hydrogens is 292 g/mol. The molecule has 112 valence electrons. The van der Waals surface area contributed by atoms with Crippen molar-refractivity contribution in [2.24, 2.45) is 0 Å². The number of hydrogen-bond acceptors (Lipinski definition) is 4. The fourth-order valence-electron chi connectivity index (χ4n) is 1.95. The van der Waals surface area contributed by atoms with E-state index in [1.807, 2.05) is 24.3 Å². The molecule has 0 aliphatic rings. The van der Waals surface area contributed by atoms with Gasteiger partial charge >= 0.3 is 0 Å². The lowest BCUT2D eigenvalue weighted by molar-refractivity contribution is 0.249. The van der Waals surface area contributed by atoms with Crippen molar-refractivity contribution in [1.82, 2.24) is 0 Å². The maximum absolute atomic E-state index is 9.41. The lowest BCUT2D eigenvalue weighted by atomic mass is 10.1. The van der Waals surface area contributed by atoms with Crippen LogP contribution in [0.2, 0.25) is 5.02 Å². The number of benzene rings is 2. The van der Waals surface area contributed by atoms with Gasteiger partial charge in [0.25, 0.3) is 0 Å². The van der Waals surface area contributed by atoms with Crippen molar-refractivity contribution < 1.29 is 19.7 Å². The third-order valence-corrected chi connectivity index (χ3v) is 3.29. The molecule has 5 heteroatoms. The highest BCUT2D eigenvalue weighted by molar-refractivity contribution is 6.30. The lowest BCUT2D eigenvalue weighted by Crippen LogP contribution is -2.01. The number of hydrogen-bond donors (Lipinski definition) is 2. The summed E-state index contributed by atoms with van der Waals surface area (Å²) in [6.45, 7) is 0.160. The van der Waals surface area contributed by atoms with Crippen molar-refractivity contribution in [3.8, 4) is 11.5 Å². The first-order chi connectivity index (χ1) is 10.2. The molecule has 2 aromatic carbocycles. The van der Waals surface area contributed by atoms with Gasteiger partial charge in [-0.25, -0.2) is 0 Å². The topological polar surface area (TPSA) is 58.9 Å². The van der Waals surface area contributed by atoms with Crippen molar-refractivity contribution >= 4 is 11.6 Å². The van der Waals surface area contributed by atoms with Crippen LogP contribution in [0.5, 0.6) is 11.5 Å². The molecule has 0 atom stereocenters. The molecule has 2 aromatic rings. The molecule has 0 heterocycles. The third kappa shape index (κ3) is 3.88. The summed E-state index contributed by atoms with van der Waals surface area (Å²) in [5, 5.41) is 18.9. The average molecular weight is 309 g/mol. The molecule has 0 aromatic heterocycles. The fraction of sp³-hybridized carbons (Fsp3) is 0.250. The molecule has 0 saturated heterocycles. The van der Waals surface area contributed by atoms with Gasteiger partial charge in [-0.1, -0.05) is 35.9 Å². The number of ether oxygens (including phenoxy) is 2. The van der Waals surface area contributed by atoms with E-state index < -0.39 is 0 Å². The Morgan fingerprint density at radius 2 is 1.67 bits per heavy atom. The van der Waals surface area contributed by atoms with Gasteiger partial charge in [-0.15, -0.1) is 0 Å². The van der Waals surface area contributed by atoms with Crippen molar-refractivity contribution in [2.45, 2.75) is 19.8 Å². The van der Waals surface area contributed by atoms with E-state index in [2.05, 4.69) is 0 Å². The van der Waals surface area contributed by atoms with Crippen LogP contribution >= 0.6 is 11.6 Å². The largest absolute Gasteiger partial charge is 0.493 e. The number of halogens is 1. The van der Waals surface area contributed by atoms with E-state index in [1.165, 1.54) is 7.11 Å². The van der Waals surface area contributed by atoms with Crippen LogP contribution < -0.4 is 9.47 Å². The summed E-state index contributed by atoms with van der Waals surface area (Å²) in [7, 11) is 1.52. The van der Waals surface area contributed by atoms with Gasteiger partial charge in [0.2, 0.25) is 0 Å². The standard InChI is InChI=1S/C16H17ClO4/c1-20-15-7-14(17)6-13(9-19)16(15)21-10-12-4-2-11(8-18)3-5-12/h2-7,18-19H,8-10H2,1H3. The molecule has 0 radical (unpaired) electrons. The van der Waals surface area contributed by atoms with Crippen LogP contribution in [0.15, 0.2) is 36.4 Å². The Labute approximate surface area is 128 Å². The maximum atomic E-state index is 9.41. The molecule has 0 spiro atoms. The average Bonchev–Trinajstić information content (AvgIpc) is 2.53. The second-order valence-electron chi connectivity index (χ2n) is 4.52. The molecule has 0 bridgehead atoms. The first-order valence-corrected chi connectivity index (χ1v) is 6.84. The Hall–Kier alpha value is -1.75. The molecule has 2 rings (SSSR count). The van der Waals surface area contributed by atoms with Gasteiger partial charge in [-0.05, 0) is 17.2 Å².